The average molecular weight is 243 g/mol. The molecule has 0 unspecified atom stereocenters. The minimum atomic E-state index is 0.195. The summed E-state index contributed by atoms with van der Waals surface area (Å²) in [7, 11) is 0. The third-order valence-corrected chi connectivity index (χ3v) is 3.59. The number of nitrogens with one attached hydrogen (secondary N) is 1. The molecule has 0 amide bonds. The molecule has 1 aromatic heterocycles. The summed E-state index contributed by atoms with van der Waals surface area (Å²) in [5.41, 5.74) is 4.43. The smallest absolute Gasteiger partial charge is 0.0459 e. The molecular formula is C17H25N. The fourth-order valence-corrected chi connectivity index (χ4v) is 2.65. The minimum absolute atomic E-state index is 0.195. The summed E-state index contributed by atoms with van der Waals surface area (Å²) in [6.45, 7) is 9.14. The molecule has 0 spiro atoms. The summed E-state index contributed by atoms with van der Waals surface area (Å²) < 4.78 is 0. The van der Waals surface area contributed by atoms with E-state index in [0.29, 0.717) is 0 Å². The van der Waals surface area contributed by atoms with Gasteiger partial charge in [0.1, 0.15) is 0 Å². The van der Waals surface area contributed by atoms with Crippen LogP contribution in [0, 0.1) is 0 Å². The van der Waals surface area contributed by atoms with Crippen LogP contribution >= 0.6 is 0 Å². The molecule has 0 radical (unpaired) electrons. The van der Waals surface area contributed by atoms with Gasteiger partial charge in [-0.15, -0.1) is 0 Å². The molecule has 0 aliphatic rings. The highest BCUT2D eigenvalue weighted by Crippen LogP contribution is 2.32. The Balaban J connectivity index is 2.44. The number of unbranched alkanes of at least 4 members (excludes halogenated alkanes) is 2. The van der Waals surface area contributed by atoms with Gasteiger partial charge in [-0.1, -0.05) is 58.7 Å². The summed E-state index contributed by atoms with van der Waals surface area (Å²) in [6.07, 6.45) is 5.10. The van der Waals surface area contributed by atoms with E-state index in [1.54, 1.807) is 0 Å². The van der Waals surface area contributed by atoms with Gasteiger partial charge >= 0.3 is 0 Å². The summed E-state index contributed by atoms with van der Waals surface area (Å²) in [5.74, 6) is 0. The molecule has 1 aromatic carbocycles. The van der Waals surface area contributed by atoms with Crippen LogP contribution in [0.3, 0.4) is 0 Å². The van der Waals surface area contributed by atoms with Crippen molar-refractivity contribution in [2.45, 2.75) is 58.8 Å². The van der Waals surface area contributed by atoms with Gasteiger partial charge in [0.05, 0.1) is 0 Å². The van der Waals surface area contributed by atoms with Gasteiger partial charge in [0.2, 0.25) is 0 Å². The molecule has 1 heteroatoms. The fraction of sp³-hybridized carbons (Fsp3) is 0.529. The highest BCUT2D eigenvalue weighted by Gasteiger charge is 2.21. The number of H-pyrrole nitrogens is 1. The Kier molecular flexibility index (Phi) is 3.79. The van der Waals surface area contributed by atoms with Crippen molar-refractivity contribution in [3.63, 3.8) is 0 Å². The quantitative estimate of drug-likeness (QED) is 0.710. The normalized spacial score (nSPS) is 12.2. The van der Waals surface area contributed by atoms with Crippen LogP contribution in [0.25, 0.3) is 10.9 Å². The van der Waals surface area contributed by atoms with Crippen LogP contribution in [0.15, 0.2) is 24.3 Å². The Hall–Kier alpha value is -1.24. The van der Waals surface area contributed by atoms with E-state index >= 15 is 0 Å². The molecule has 18 heavy (non-hydrogen) atoms. The van der Waals surface area contributed by atoms with Crippen molar-refractivity contribution >= 4 is 10.9 Å². The van der Waals surface area contributed by atoms with Crippen molar-refractivity contribution < 1.29 is 0 Å². The predicted octanol–water partition coefficient (Wildman–Crippen LogP) is 5.20. The molecule has 0 saturated heterocycles. The van der Waals surface area contributed by atoms with Gasteiger partial charge in [0, 0.05) is 22.0 Å². The summed E-state index contributed by atoms with van der Waals surface area (Å²) in [4.78, 5) is 3.63. The van der Waals surface area contributed by atoms with Crippen LogP contribution in [-0.2, 0) is 11.8 Å². The molecular weight excluding hydrogens is 218 g/mol. The van der Waals surface area contributed by atoms with Crippen LogP contribution in [0.1, 0.15) is 58.2 Å². The number of fused-ring (bicyclic) bond motifs is 1. The first-order valence-corrected chi connectivity index (χ1v) is 7.14. The monoisotopic (exact) mass is 243 g/mol. The maximum Gasteiger partial charge on any atom is 0.0459 e. The highest BCUT2D eigenvalue weighted by molar-refractivity contribution is 5.85. The standard InChI is InChI=1S/C17H25N/c1-5-6-7-11-14-13-10-8-9-12-15(13)18-16(14)17(2,3)4/h8-10,12,18H,5-7,11H2,1-4H3. The maximum atomic E-state index is 3.63. The fourth-order valence-electron chi connectivity index (χ4n) is 2.65. The van der Waals surface area contributed by atoms with Crippen LogP contribution in [-0.4, -0.2) is 4.98 Å². The number of hydrogen-bond donors (Lipinski definition) is 1. The van der Waals surface area contributed by atoms with Crippen molar-refractivity contribution in [2.75, 3.05) is 0 Å². The van der Waals surface area contributed by atoms with Gasteiger partial charge in [0.25, 0.3) is 0 Å². The lowest BCUT2D eigenvalue weighted by Crippen LogP contribution is -2.14. The zero-order valence-electron chi connectivity index (χ0n) is 12.1. The number of aromatic amines is 1. The third kappa shape index (κ3) is 2.60. The van der Waals surface area contributed by atoms with Crippen molar-refractivity contribution in [2.24, 2.45) is 0 Å². The van der Waals surface area contributed by atoms with E-state index in [1.807, 2.05) is 0 Å². The van der Waals surface area contributed by atoms with E-state index in [4.69, 9.17) is 0 Å². The van der Waals surface area contributed by atoms with Crippen LogP contribution < -0.4 is 0 Å². The molecule has 1 heterocycles. The van der Waals surface area contributed by atoms with E-state index in [1.165, 1.54) is 47.8 Å². The lowest BCUT2D eigenvalue weighted by atomic mass is 9.87. The highest BCUT2D eigenvalue weighted by atomic mass is 14.7. The van der Waals surface area contributed by atoms with Crippen molar-refractivity contribution in [3.8, 4) is 0 Å². The zero-order valence-corrected chi connectivity index (χ0v) is 12.1. The van der Waals surface area contributed by atoms with E-state index in [0.717, 1.165) is 0 Å². The van der Waals surface area contributed by atoms with Gasteiger partial charge in [0.15, 0.2) is 0 Å². The second kappa shape index (κ2) is 5.17. The summed E-state index contributed by atoms with van der Waals surface area (Å²) >= 11 is 0. The minimum Gasteiger partial charge on any atom is -0.358 e. The lowest BCUT2D eigenvalue weighted by Gasteiger charge is -2.19. The van der Waals surface area contributed by atoms with Gasteiger partial charge < -0.3 is 4.98 Å². The largest absolute Gasteiger partial charge is 0.358 e. The Labute approximate surface area is 111 Å². The molecule has 0 saturated carbocycles. The first-order chi connectivity index (χ1) is 8.54. The Bertz CT molecular complexity index is 514. The zero-order chi connectivity index (χ0) is 13.2. The Morgan fingerprint density at radius 2 is 1.78 bits per heavy atom. The van der Waals surface area contributed by atoms with Gasteiger partial charge in [-0.2, -0.15) is 0 Å². The second-order valence-electron chi connectivity index (χ2n) is 6.23. The molecule has 0 aliphatic heterocycles. The van der Waals surface area contributed by atoms with E-state index in [-0.39, 0.29) is 5.41 Å². The van der Waals surface area contributed by atoms with Gasteiger partial charge in [-0.25, -0.2) is 0 Å². The van der Waals surface area contributed by atoms with Crippen LogP contribution in [0.4, 0.5) is 0 Å². The molecule has 1 N–H and O–H groups in total. The molecule has 2 rings (SSSR count). The summed E-state index contributed by atoms with van der Waals surface area (Å²) in [6, 6.07) is 8.70. The molecule has 1 nitrogen and oxygen atoms in total. The van der Waals surface area contributed by atoms with Crippen LogP contribution in [0.2, 0.25) is 0 Å². The number of benzene rings is 1. The third-order valence-electron chi connectivity index (χ3n) is 3.59. The topological polar surface area (TPSA) is 15.8 Å². The number of aromatic nitrogens is 1. The Morgan fingerprint density at radius 1 is 1.06 bits per heavy atom. The molecule has 0 fully saturated rings. The summed E-state index contributed by atoms with van der Waals surface area (Å²) in [5, 5.41) is 1.42. The number of rotatable bonds is 4. The van der Waals surface area contributed by atoms with E-state index < -0.39 is 0 Å². The maximum absolute atomic E-state index is 3.63. The van der Waals surface area contributed by atoms with Crippen LogP contribution in [0.5, 0.6) is 0 Å². The Morgan fingerprint density at radius 3 is 2.44 bits per heavy atom. The van der Waals surface area contributed by atoms with E-state index in [9.17, 15) is 0 Å². The first kappa shape index (κ1) is 13.2. The van der Waals surface area contributed by atoms with Gasteiger partial charge in [-0.3, -0.25) is 0 Å². The van der Waals surface area contributed by atoms with Gasteiger partial charge in [-0.05, 0) is 24.5 Å². The van der Waals surface area contributed by atoms with Crippen molar-refractivity contribution in [3.05, 3.63) is 35.5 Å². The van der Waals surface area contributed by atoms with Crippen molar-refractivity contribution in [1.29, 1.82) is 0 Å². The molecule has 2 aromatic rings. The van der Waals surface area contributed by atoms with Crippen molar-refractivity contribution in [1.82, 2.24) is 4.98 Å². The first-order valence-electron chi connectivity index (χ1n) is 7.14. The number of para-hydroxylation sites is 1. The average Bonchev–Trinajstić information content (AvgIpc) is 2.69. The number of hydrogen-bond acceptors (Lipinski definition) is 0. The van der Waals surface area contributed by atoms with E-state index in [2.05, 4.69) is 56.9 Å². The molecule has 0 aliphatic carbocycles. The second-order valence-corrected chi connectivity index (χ2v) is 6.23. The number of aryl methyl sites for hydroxylation is 1. The molecule has 0 atom stereocenters. The predicted molar refractivity (Wildman–Crippen MR) is 80.2 cm³/mol. The lowest BCUT2D eigenvalue weighted by molar-refractivity contribution is 0.563. The molecule has 0 bridgehead atoms. The molecule has 98 valence electrons. The SMILES string of the molecule is CCCCCc1c(C(C)(C)C)[nH]c2ccccc12.